The summed E-state index contributed by atoms with van der Waals surface area (Å²) in [4.78, 5) is 16.3. The molecule has 3 nitrogen and oxygen atoms in total. The van der Waals surface area contributed by atoms with E-state index in [1.807, 2.05) is 39.0 Å². The molecule has 0 spiro atoms. The third-order valence-corrected chi connectivity index (χ3v) is 2.64. The highest BCUT2D eigenvalue weighted by molar-refractivity contribution is 6.07. The van der Waals surface area contributed by atoms with E-state index in [0.29, 0.717) is 11.3 Å². The van der Waals surface area contributed by atoms with Crippen LogP contribution in [0.2, 0.25) is 0 Å². The van der Waals surface area contributed by atoms with Gasteiger partial charge in [-0.3, -0.25) is 9.78 Å². The maximum absolute atomic E-state index is 12.2. The number of ketones is 1. The van der Waals surface area contributed by atoms with Gasteiger partial charge >= 0.3 is 0 Å². The van der Waals surface area contributed by atoms with Crippen LogP contribution in [-0.4, -0.2) is 16.9 Å². The zero-order chi connectivity index (χ0) is 13.8. The molecule has 0 unspecified atom stereocenters. The first-order chi connectivity index (χ1) is 9.06. The fraction of sp³-hybridized carbons (Fsp3) is 0.250. The summed E-state index contributed by atoms with van der Waals surface area (Å²) in [5.74, 6) is 0.698. The van der Waals surface area contributed by atoms with Crippen molar-refractivity contribution >= 4 is 5.78 Å². The van der Waals surface area contributed by atoms with E-state index in [9.17, 15) is 4.79 Å². The molecule has 0 saturated carbocycles. The van der Waals surface area contributed by atoms with Gasteiger partial charge in [0.25, 0.3) is 0 Å². The van der Waals surface area contributed by atoms with E-state index >= 15 is 0 Å². The van der Waals surface area contributed by atoms with Crippen LogP contribution in [0.15, 0.2) is 42.6 Å². The Morgan fingerprint density at radius 1 is 1.16 bits per heavy atom. The second-order valence-corrected chi connectivity index (χ2v) is 4.74. The molecule has 0 radical (unpaired) electrons. The number of carbonyl (C=O) groups excluding carboxylic acids is 1. The van der Waals surface area contributed by atoms with Crippen LogP contribution in [0.25, 0.3) is 0 Å². The Balaban J connectivity index is 2.20. The van der Waals surface area contributed by atoms with Gasteiger partial charge in [-0.05, 0) is 62.7 Å². The predicted molar refractivity (Wildman–Crippen MR) is 74.6 cm³/mol. The van der Waals surface area contributed by atoms with Crippen LogP contribution < -0.4 is 4.74 Å². The Hall–Kier alpha value is -2.16. The highest BCUT2D eigenvalue weighted by Crippen LogP contribution is 2.16. The van der Waals surface area contributed by atoms with E-state index < -0.39 is 0 Å². The largest absolute Gasteiger partial charge is 0.491 e. The van der Waals surface area contributed by atoms with Crippen molar-refractivity contribution in [1.29, 1.82) is 0 Å². The summed E-state index contributed by atoms with van der Waals surface area (Å²) in [5.41, 5.74) is 2.12. The average molecular weight is 255 g/mol. The van der Waals surface area contributed by atoms with Crippen LogP contribution in [0.4, 0.5) is 0 Å². The molecule has 0 N–H and O–H groups in total. The number of rotatable bonds is 4. The van der Waals surface area contributed by atoms with Crippen molar-refractivity contribution in [3.8, 4) is 5.75 Å². The quantitative estimate of drug-likeness (QED) is 0.786. The van der Waals surface area contributed by atoms with Crippen LogP contribution in [0.1, 0.15) is 35.5 Å². The van der Waals surface area contributed by atoms with E-state index in [2.05, 4.69) is 4.98 Å². The minimum Gasteiger partial charge on any atom is -0.491 e. The van der Waals surface area contributed by atoms with Gasteiger partial charge in [-0.2, -0.15) is 0 Å². The van der Waals surface area contributed by atoms with E-state index in [1.165, 1.54) is 0 Å². The first-order valence-corrected chi connectivity index (χ1v) is 6.30. The summed E-state index contributed by atoms with van der Waals surface area (Å²) < 4.78 is 5.55. The molecular weight excluding hydrogens is 238 g/mol. The zero-order valence-electron chi connectivity index (χ0n) is 11.4. The van der Waals surface area contributed by atoms with Crippen molar-refractivity contribution in [3.63, 3.8) is 0 Å². The van der Waals surface area contributed by atoms with Crippen molar-refractivity contribution < 1.29 is 9.53 Å². The van der Waals surface area contributed by atoms with Gasteiger partial charge < -0.3 is 4.74 Å². The molecule has 19 heavy (non-hydrogen) atoms. The molecule has 2 aromatic rings. The van der Waals surface area contributed by atoms with Crippen LogP contribution in [0, 0.1) is 6.92 Å². The smallest absolute Gasteiger partial charge is 0.211 e. The number of nitrogens with zero attached hydrogens (tertiary/aromatic N) is 1. The molecule has 2 rings (SSSR count). The van der Waals surface area contributed by atoms with Crippen molar-refractivity contribution in [2.45, 2.75) is 26.9 Å². The van der Waals surface area contributed by atoms with Gasteiger partial charge in [0, 0.05) is 11.8 Å². The Labute approximate surface area is 113 Å². The van der Waals surface area contributed by atoms with Crippen LogP contribution in [0.5, 0.6) is 5.75 Å². The summed E-state index contributed by atoms with van der Waals surface area (Å²) in [7, 11) is 0. The van der Waals surface area contributed by atoms with E-state index in [1.54, 1.807) is 24.4 Å². The number of carbonyl (C=O) groups is 1. The number of aromatic nitrogens is 1. The second kappa shape index (κ2) is 5.65. The molecule has 0 atom stereocenters. The Morgan fingerprint density at radius 2 is 1.84 bits per heavy atom. The summed E-state index contributed by atoms with van der Waals surface area (Å²) in [5, 5.41) is 0. The highest BCUT2D eigenvalue weighted by atomic mass is 16.5. The van der Waals surface area contributed by atoms with E-state index in [-0.39, 0.29) is 11.9 Å². The lowest BCUT2D eigenvalue weighted by atomic mass is 10.1. The predicted octanol–water partition coefficient (Wildman–Crippen LogP) is 3.41. The molecule has 0 saturated heterocycles. The molecule has 1 heterocycles. The minimum atomic E-state index is -0.0696. The summed E-state index contributed by atoms with van der Waals surface area (Å²) >= 11 is 0. The number of ether oxygens (including phenoxy) is 1. The Bertz CT molecular complexity index is 574. The molecule has 0 amide bonds. The van der Waals surface area contributed by atoms with Gasteiger partial charge in [0.1, 0.15) is 11.4 Å². The van der Waals surface area contributed by atoms with Crippen molar-refractivity contribution in [1.82, 2.24) is 4.98 Å². The second-order valence-electron chi connectivity index (χ2n) is 4.74. The lowest BCUT2D eigenvalue weighted by Crippen LogP contribution is -2.07. The Morgan fingerprint density at radius 3 is 2.42 bits per heavy atom. The number of aryl methyl sites for hydroxylation is 1. The standard InChI is InChI=1S/C16H17NO2/c1-11(2)19-14-6-4-13(5-7-14)16(18)15-10-12(3)8-9-17-15/h4-11H,1-3H3. The molecule has 0 aliphatic rings. The average Bonchev–Trinajstić information content (AvgIpc) is 2.38. The Kier molecular flexibility index (Phi) is 3.95. The van der Waals surface area contributed by atoms with Crippen molar-refractivity contribution in [3.05, 3.63) is 59.4 Å². The normalized spacial score (nSPS) is 10.5. The molecule has 3 heteroatoms. The lowest BCUT2D eigenvalue weighted by Gasteiger charge is -2.09. The molecule has 1 aromatic carbocycles. The van der Waals surface area contributed by atoms with Gasteiger partial charge in [0.05, 0.1) is 6.10 Å². The van der Waals surface area contributed by atoms with Crippen molar-refractivity contribution in [2.75, 3.05) is 0 Å². The number of benzene rings is 1. The van der Waals surface area contributed by atoms with Gasteiger partial charge in [-0.15, -0.1) is 0 Å². The van der Waals surface area contributed by atoms with Crippen LogP contribution in [0.3, 0.4) is 0 Å². The molecule has 98 valence electrons. The van der Waals surface area contributed by atoms with Gasteiger partial charge in [0.15, 0.2) is 0 Å². The summed E-state index contributed by atoms with van der Waals surface area (Å²) in [6.45, 7) is 5.88. The molecule has 0 aliphatic carbocycles. The number of hydrogen-bond acceptors (Lipinski definition) is 3. The van der Waals surface area contributed by atoms with Crippen LogP contribution in [-0.2, 0) is 0 Å². The summed E-state index contributed by atoms with van der Waals surface area (Å²) in [6, 6.07) is 10.8. The fourth-order valence-corrected chi connectivity index (χ4v) is 1.77. The molecule has 0 bridgehead atoms. The van der Waals surface area contributed by atoms with Gasteiger partial charge in [-0.1, -0.05) is 0 Å². The summed E-state index contributed by atoms with van der Waals surface area (Å²) in [6.07, 6.45) is 1.78. The zero-order valence-corrected chi connectivity index (χ0v) is 11.4. The molecule has 0 fully saturated rings. The first-order valence-electron chi connectivity index (χ1n) is 6.30. The third-order valence-electron chi connectivity index (χ3n) is 2.64. The topological polar surface area (TPSA) is 39.2 Å². The highest BCUT2D eigenvalue weighted by Gasteiger charge is 2.10. The lowest BCUT2D eigenvalue weighted by molar-refractivity contribution is 0.103. The van der Waals surface area contributed by atoms with E-state index in [4.69, 9.17) is 4.74 Å². The minimum absolute atomic E-state index is 0.0696. The van der Waals surface area contributed by atoms with Crippen molar-refractivity contribution in [2.24, 2.45) is 0 Å². The first kappa shape index (κ1) is 13.3. The monoisotopic (exact) mass is 255 g/mol. The van der Waals surface area contributed by atoms with Gasteiger partial charge in [0.2, 0.25) is 5.78 Å². The maximum Gasteiger partial charge on any atom is 0.211 e. The van der Waals surface area contributed by atoms with E-state index in [0.717, 1.165) is 11.3 Å². The van der Waals surface area contributed by atoms with Gasteiger partial charge in [-0.25, -0.2) is 0 Å². The molecule has 1 aromatic heterocycles. The maximum atomic E-state index is 12.2. The number of pyridine rings is 1. The fourth-order valence-electron chi connectivity index (χ4n) is 1.77. The molecular formula is C16H17NO2. The number of hydrogen-bond donors (Lipinski definition) is 0. The third kappa shape index (κ3) is 3.41. The van der Waals surface area contributed by atoms with Crippen LogP contribution >= 0.6 is 0 Å². The molecule has 0 aliphatic heterocycles. The SMILES string of the molecule is Cc1ccnc(C(=O)c2ccc(OC(C)C)cc2)c1.